The van der Waals surface area contributed by atoms with Crippen molar-refractivity contribution in [3.8, 4) is 0 Å². The molecule has 0 aliphatic carbocycles. The number of fused-ring (bicyclic) bond motifs is 1. The Kier molecular flexibility index (Phi) is 2.80. The second kappa shape index (κ2) is 4.01. The summed E-state index contributed by atoms with van der Waals surface area (Å²) in [6, 6.07) is 5.25. The first-order chi connectivity index (χ1) is 7.90. The Balaban J connectivity index is 2.38. The summed E-state index contributed by atoms with van der Waals surface area (Å²) < 4.78 is 28.7. The molecule has 1 aromatic heterocycles. The summed E-state index contributed by atoms with van der Waals surface area (Å²) in [6.07, 6.45) is 1.69. The number of nitrogens with one attached hydrogen (secondary N) is 1. The highest BCUT2D eigenvalue weighted by Gasteiger charge is 2.13. The molecule has 0 saturated carbocycles. The minimum atomic E-state index is -3.46. The molecule has 0 aliphatic rings. The van der Waals surface area contributed by atoms with E-state index in [4.69, 9.17) is 0 Å². The SMILES string of the molecule is CN(C)S(=O)(=O)Nc1ccc2c(c1)ncn2C. The Hall–Kier alpha value is -1.60. The molecule has 6 nitrogen and oxygen atoms in total. The molecule has 0 saturated heterocycles. The van der Waals surface area contributed by atoms with Gasteiger partial charge < -0.3 is 4.57 Å². The molecule has 0 amide bonds. The van der Waals surface area contributed by atoms with Crippen molar-refractivity contribution in [2.75, 3.05) is 18.8 Å². The monoisotopic (exact) mass is 254 g/mol. The molecule has 17 heavy (non-hydrogen) atoms. The zero-order chi connectivity index (χ0) is 12.6. The number of hydrogen-bond donors (Lipinski definition) is 1. The average Bonchev–Trinajstić information content (AvgIpc) is 2.59. The molecule has 0 aliphatic heterocycles. The van der Waals surface area contributed by atoms with Crippen LogP contribution in [-0.2, 0) is 17.3 Å². The lowest BCUT2D eigenvalue weighted by atomic mass is 10.3. The minimum absolute atomic E-state index is 0.505. The van der Waals surface area contributed by atoms with E-state index < -0.39 is 10.2 Å². The number of nitrogens with zero attached hydrogens (tertiary/aromatic N) is 3. The zero-order valence-electron chi connectivity index (χ0n) is 9.88. The number of anilines is 1. The molecule has 1 aromatic carbocycles. The quantitative estimate of drug-likeness (QED) is 0.880. The van der Waals surface area contributed by atoms with Gasteiger partial charge in [-0.2, -0.15) is 12.7 Å². The predicted octanol–water partition coefficient (Wildman–Crippen LogP) is 0.792. The Bertz CT molecular complexity index is 645. The van der Waals surface area contributed by atoms with Crippen molar-refractivity contribution in [3.05, 3.63) is 24.5 Å². The fraction of sp³-hybridized carbons (Fsp3) is 0.300. The number of rotatable bonds is 3. The molecule has 0 fully saturated rings. The molecular formula is C10H14N4O2S. The van der Waals surface area contributed by atoms with E-state index in [2.05, 4.69) is 9.71 Å². The fourth-order valence-electron chi connectivity index (χ4n) is 1.44. The molecule has 0 spiro atoms. The highest BCUT2D eigenvalue weighted by Crippen LogP contribution is 2.18. The molecule has 0 bridgehead atoms. The first kappa shape index (κ1) is 11.9. The van der Waals surface area contributed by atoms with E-state index in [1.807, 2.05) is 17.7 Å². The Morgan fingerprint density at radius 2 is 2.06 bits per heavy atom. The Labute approximate surface area is 100 Å². The van der Waals surface area contributed by atoms with Gasteiger partial charge in [-0.25, -0.2) is 4.98 Å². The van der Waals surface area contributed by atoms with Gasteiger partial charge in [0.05, 0.1) is 23.0 Å². The van der Waals surface area contributed by atoms with Crippen LogP contribution in [0.2, 0.25) is 0 Å². The number of aryl methyl sites for hydroxylation is 1. The van der Waals surface area contributed by atoms with E-state index in [1.165, 1.54) is 14.1 Å². The van der Waals surface area contributed by atoms with Gasteiger partial charge in [-0.1, -0.05) is 0 Å². The lowest BCUT2D eigenvalue weighted by molar-refractivity contribution is 0.527. The molecule has 1 heterocycles. The molecule has 2 aromatic rings. The lowest BCUT2D eigenvalue weighted by Crippen LogP contribution is -2.28. The molecule has 0 radical (unpaired) electrons. The van der Waals surface area contributed by atoms with E-state index in [0.717, 1.165) is 15.3 Å². The lowest BCUT2D eigenvalue weighted by Gasteiger charge is -2.13. The van der Waals surface area contributed by atoms with Gasteiger partial charge in [0.25, 0.3) is 0 Å². The van der Waals surface area contributed by atoms with Crippen molar-refractivity contribution >= 4 is 26.9 Å². The maximum Gasteiger partial charge on any atom is 0.301 e. The van der Waals surface area contributed by atoms with Gasteiger partial charge in [-0.3, -0.25) is 4.72 Å². The summed E-state index contributed by atoms with van der Waals surface area (Å²) in [5, 5.41) is 0. The predicted molar refractivity (Wildman–Crippen MR) is 66.9 cm³/mol. The summed E-state index contributed by atoms with van der Waals surface area (Å²) in [5.41, 5.74) is 2.22. The summed E-state index contributed by atoms with van der Waals surface area (Å²) >= 11 is 0. The van der Waals surface area contributed by atoms with E-state index >= 15 is 0 Å². The molecular weight excluding hydrogens is 240 g/mol. The topological polar surface area (TPSA) is 67.2 Å². The largest absolute Gasteiger partial charge is 0.334 e. The summed E-state index contributed by atoms with van der Waals surface area (Å²) in [6.45, 7) is 0. The van der Waals surface area contributed by atoms with Crippen LogP contribution in [0.25, 0.3) is 11.0 Å². The van der Waals surface area contributed by atoms with Gasteiger partial charge in [0.2, 0.25) is 0 Å². The average molecular weight is 254 g/mol. The maximum absolute atomic E-state index is 11.6. The minimum Gasteiger partial charge on any atom is -0.334 e. The Morgan fingerprint density at radius 3 is 2.71 bits per heavy atom. The van der Waals surface area contributed by atoms with Gasteiger partial charge in [0, 0.05) is 21.1 Å². The standard InChI is InChI=1S/C10H14N4O2S/c1-13(2)17(15,16)12-8-4-5-10-9(6-8)11-7-14(10)3/h4-7,12H,1-3H3. The summed E-state index contributed by atoms with van der Waals surface area (Å²) in [5.74, 6) is 0. The summed E-state index contributed by atoms with van der Waals surface area (Å²) in [4.78, 5) is 4.17. The van der Waals surface area contributed by atoms with Crippen molar-refractivity contribution in [2.24, 2.45) is 7.05 Å². The molecule has 7 heteroatoms. The van der Waals surface area contributed by atoms with Crippen LogP contribution in [0.15, 0.2) is 24.5 Å². The third-order valence-electron chi connectivity index (χ3n) is 2.45. The van der Waals surface area contributed by atoms with Gasteiger partial charge in [0.1, 0.15) is 0 Å². The fourth-order valence-corrected chi connectivity index (χ4v) is 2.05. The van der Waals surface area contributed by atoms with Crippen molar-refractivity contribution in [2.45, 2.75) is 0 Å². The smallest absolute Gasteiger partial charge is 0.301 e. The highest BCUT2D eigenvalue weighted by molar-refractivity contribution is 7.90. The van der Waals surface area contributed by atoms with Gasteiger partial charge in [0.15, 0.2) is 0 Å². The van der Waals surface area contributed by atoms with Crippen LogP contribution in [0.4, 0.5) is 5.69 Å². The third-order valence-corrected chi connectivity index (χ3v) is 3.91. The van der Waals surface area contributed by atoms with Crippen LogP contribution >= 0.6 is 0 Å². The number of aromatic nitrogens is 2. The first-order valence-electron chi connectivity index (χ1n) is 5.01. The molecule has 1 N–H and O–H groups in total. The summed E-state index contributed by atoms with van der Waals surface area (Å²) in [7, 11) is 1.37. The van der Waals surface area contributed by atoms with Crippen LogP contribution < -0.4 is 4.72 Å². The number of hydrogen-bond acceptors (Lipinski definition) is 3. The van der Waals surface area contributed by atoms with Gasteiger partial charge >= 0.3 is 10.2 Å². The molecule has 0 atom stereocenters. The second-order valence-corrected chi connectivity index (χ2v) is 5.83. The second-order valence-electron chi connectivity index (χ2n) is 3.95. The van der Waals surface area contributed by atoms with Crippen molar-refractivity contribution < 1.29 is 8.42 Å². The number of imidazole rings is 1. The van der Waals surface area contributed by atoms with Crippen molar-refractivity contribution in [1.82, 2.24) is 13.9 Å². The molecule has 0 unspecified atom stereocenters. The van der Waals surface area contributed by atoms with E-state index in [1.54, 1.807) is 18.5 Å². The maximum atomic E-state index is 11.6. The normalized spacial score (nSPS) is 12.2. The van der Waals surface area contributed by atoms with Crippen LogP contribution in [0.1, 0.15) is 0 Å². The first-order valence-corrected chi connectivity index (χ1v) is 6.45. The van der Waals surface area contributed by atoms with Crippen LogP contribution in [0.5, 0.6) is 0 Å². The van der Waals surface area contributed by atoms with Gasteiger partial charge in [-0.15, -0.1) is 0 Å². The van der Waals surface area contributed by atoms with E-state index in [9.17, 15) is 8.42 Å². The third kappa shape index (κ3) is 2.25. The zero-order valence-corrected chi connectivity index (χ0v) is 10.7. The molecule has 2 rings (SSSR count). The van der Waals surface area contributed by atoms with Crippen molar-refractivity contribution in [1.29, 1.82) is 0 Å². The molecule has 92 valence electrons. The van der Waals surface area contributed by atoms with Crippen LogP contribution in [0, 0.1) is 0 Å². The van der Waals surface area contributed by atoms with E-state index in [-0.39, 0.29) is 0 Å². The van der Waals surface area contributed by atoms with Crippen molar-refractivity contribution in [3.63, 3.8) is 0 Å². The van der Waals surface area contributed by atoms with Gasteiger partial charge in [-0.05, 0) is 18.2 Å². The van der Waals surface area contributed by atoms with E-state index in [0.29, 0.717) is 5.69 Å². The highest BCUT2D eigenvalue weighted by atomic mass is 32.2. The Morgan fingerprint density at radius 1 is 1.35 bits per heavy atom. The number of benzene rings is 1. The van der Waals surface area contributed by atoms with Crippen LogP contribution in [0.3, 0.4) is 0 Å². The van der Waals surface area contributed by atoms with Crippen LogP contribution in [-0.4, -0.2) is 36.4 Å².